The molecule has 0 saturated carbocycles. The van der Waals surface area contributed by atoms with Gasteiger partial charge in [0.1, 0.15) is 5.82 Å². The third kappa shape index (κ3) is 3.68. The Morgan fingerprint density at radius 1 is 1.50 bits per heavy atom. The van der Waals surface area contributed by atoms with Crippen molar-refractivity contribution in [2.45, 2.75) is 52.5 Å². The maximum atomic E-state index is 11.7. The minimum atomic E-state index is 0.159. The quantitative estimate of drug-likeness (QED) is 0.913. The van der Waals surface area contributed by atoms with Crippen LogP contribution < -0.4 is 10.2 Å². The van der Waals surface area contributed by atoms with Crippen LogP contribution >= 0.6 is 0 Å². The second-order valence-corrected chi connectivity index (χ2v) is 5.52. The van der Waals surface area contributed by atoms with E-state index in [2.05, 4.69) is 20.2 Å². The molecule has 2 heterocycles. The second kappa shape index (κ2) is 6.68. The molecule has 0 bridgehead atoms. The molecule has 1 atom stereocenters. The maximum Gasteiger partial charge on any atom is 0.220 e. The Bertz CT molecular complexity index is 475. The first-order valence-corrected chi connectivity index (χ1v) is 7.44. The molecule has 20 heavy (non-hydrogen) atoms. The minimum Gasteiger partial charge on any atom is -0.353 e. The number of nitrogens with one attached hydrogen (secondary N) is 1. The van der Waals surface area contributed by atoms with Gasteiger partial charge >= 0.3 is 0 Å². The van der Waals surface area contributed by atoms with Gasteiger partial charge in [-0.1, -0.05) is 6.92 Å². The molecule has 1 fully saturated rings. The van der Waals surface area contributed by atoms with E-state index >= 15 is 0 Å². The molecule has 2 rings (SSSR count). The monoisotopic (exact) mass is 276 g/mol. The van der Waals surface area contributed by atoms with E-state index in [9.17, 15) is 4.79 Å². The van der Waals surface area contributed by atoms with Crippen LogP contribution in [0, 0.1) is 13.8 Å². The first-order valence-electron chi connectivity index (χ1n) is 7.44. The molecule has 1 unspecified atom stereocenters. The van der Waals surface area contributed by atoms with Crippen LogP contribution in [0.25, 0.3) is 0 Å². The van der Waals surface area contributed by atoms with Gasteiger partial charge in [0.15, 0.2) is 0 Å². The van der Waals surface area contributed by atoms with Gasteiger partial charge in [-0.2, -0.15) is 0 Å². The molecule has 1 aliphatic rings. The number of aromatic nitrogens is 2. The lowest BCUT2D eigenvalue weighted by atomic mass is 10.1. The summed E-state index contributed by atoms with van der Waals surface area (Å²) in [7, 11) is 0. The van der Waals surface area contributed by atoms with Gasteiger partial charge < -0.3 is 10.2 Å². The van der Waals surface area contributed by atoms with Crippen molar-refractivity contribution in [3.63, 3.8) is 0 Å². The molecule has 1 aliphatic heterocycles. The van der Waals surface area contributed by atoms with Crippen molar-refractivity contribution in [2.75, 3.05) is 18.0 Å². The normalized spacial score (nSPS) is 18.9. The number of amides is 1. The standard InChI is InChI=1S/C15H24N4O/c1-4-6-14(20)18-13-7-5-8-19(10-13)15-12(3)16-9-11(2)17-15/h9,13H,4-8,10H2,1-3H3,(H,18,20). The van der Waals surface area contributed by atoms with Crippen molar-refractivity contribution >= 4 is 11.7 Å². The molecule has 5 heteroatoms. The van der Waals surface area contributed by atoms with Crippen LogP contribution in [0.4, 0.5) is 5.82 Å². The highest BCUT2D eigenvalue weighted by molar-refractivity contribution is 5.76. The molecular weight excluding hydrogens is 252 g/mol. The summed E-state index contributed by atoms with van der Waals surface area (Å²) >= 11 is 0. The third-order valence-electron chi connectivity index (χ3n) is 3.61. The van der Waals surface area contributed by atoms with Crippen molar-refractivity contribution < 1.29 is 4.79 Å². The highest BCUT2D eigenvalue weighted by atomic mass is 16.1. The lowest BCUT2D eigenvalue weighted by Crippen LogP contribution is -2.48. The lowest BCUT2D eigenvalue weighted by Gasteiger charge is -2.34. The van der Waals surface area contributed by atoms with E-state index in [1.54, 1.807) is 6.20 Å². The number of carbonyl (C=O) groups excluding carboxylic acids is 1. The number of aryl methyl sites for hydroxylation is 2. The van der Waals surface area contributed by atoms with E-state index in [-0.39, 0.29) is 11.9 Å². The van der Waals surface area contributed by atoms with Gasteiger partial charge in [-0.05, 0) is 33.1 Å². The van der Waals surface area contributed by atoms with Crippen molar-refractivity contribution in [1.82, 2.24) is 15.3 Å². The number of anilines is 1. The molecule has 1 saturated heterocycles. The van der Waals surface area contributed by atoms with Gasteiger partial charge in [0.25, 0.3) is 0 Å². The number of piperidine rings is 1. The van der Waals surface area contributed by atoms with Crippen LogP contribution in [-0.2, 0) is 4.79 Å². The fraction of sp³-hybridized carbons (Fsp3) is 0.667. The zero-order valence-corrected chi connectivity index (χ0v) is 12.6. The van der Waals surface area contributed by atoms with Crippen LogP contribution in [0.2, 0.25) is 0 Å². The Labute approximate surface area is 120 Å². The van der Waals surface area contributed by atoms with Crippen molar-refractivity contribution in [3.05, 3.63) is 17.6 Å². The van der Waals surface area contributed by atoms with Gasteiger partial charge in [0.05, 0.1) is 11.4 Å². The zero-order chi connectivity index (χ0) is 14.5. The molecule has 110 valence electrons. The Morgan fingerprint density at radius 2 is 2.30 bits per heavy atom. The SMILES string of the molecule is CCCC(=O)NC1CCCN(c2nc(C)cnc2C)C1. The van der Waals surface area contributed by atoms with Gasteiger partial charge in [-0.15, -0.1) is 0 Å². The van der Waals surface area contributed by atoms with Gasteiger partial charge in [-0.3, -0.25) is 9.78 Å². The van der Waals surface area contributed by atoms with E-state index in [1.165, 1.54) is 0 Å². The second-order valence-electron chi connectivity index (χ2n) is 5.52. The summed E-state index contributed by atoms with van der Waals surface area (Å²) in [6.07, 6.45) is 5.42. The smallest absolute Gasteiger partial charge is 0.220 e. The number of carbonyl (C=O) groups is 1. The van der Waals surface area contributed by atoms with Crippen LogP contribution in [-0.4, -0.2) is 35.0 Å². The summed E-state index contributed by atoms with van der Waals surface area (Å²) in [5.41, 5.74) is 1.89. The highest BCUT2D eigenvalue weighted by Gasteiger charge is 2.23. The molecule has 0 spiro atoms. The number of rotatable bonds is 4. The van der Waals surface area contributed by atoms with E-state index in [1.807, 2.05) is 20.8 Å². The van der Waals surface area contributed by atoms with Gasteiger partial charge in [0.2, 0.25) is 5.91 Å². The van der Waals surface area contributed by atoms with Crippen molar-refractivity contribution in [3.8, 4) is 0 Å². The largest absolute Gasteiger partial charge is 0.353 e. The van der Waals surface area contributed by atoms with Crippen LogP contribution in [0.3, 0.4) is 0 Å². The van der Waals surface area contributed by atoms with E-state index in [0.717, 1.165) is 49.6 Å². The van der Waals surface area contributed by atoms with Crippen molar-refractivity contribution in [2.24, 2.45) is 0 Å². The van der Waals surface area contributed by atoms with E-state index < -0.39 is 0 Å². The molecule has 1 amide bonds. The van der Waals surface area contributed by atoms with Crippen molar-refractivity contribution in [1.29, 1.82) is 0 Å². The fourth-order valence-corrected chi connectivity index (χ4v) is 2.64. The average molecular weight is 276 g/mol. The Hall–Kier alpha value is -1.65. The summed E-state index contributed by atoms with van der Waals surface area (Å²) in [5, 5.41) is 3.12. The molecule has 5 nitrogen and oxygen atoms in total. The minimum absolute atomic E-state index is 0.159. The molecule has 0 aliphatic carbocycles. The number of hydrogen-bond acceptors (Lipinski definition) is 4. The summed E-state index contributed by atoms with van der Waals surface area (Å²) in [6.45, 7) is 7.79. The molecule has 1 aromatic heterocycles. The van der Waals surface area contributed by atoms with Crippen LogP contribution in [0.15, 0.2) is 6.20 Å². The summed E-state index contributed by atoms with van der Waals surface area (Å²) < 4.78 is 0. The van der Waals surface area contributed by atoms with Crippen LogP contribution in [0.5, 0.6) is 0 Å². The zero-order valence-electron chi connectivity index (χ0n) is 12.6. The average Bonchev–Trinajstić information content (AvgIpc) is 2.42. The number of nitrogens with zero attached hydrogens (tertiary/aromatic N) is 3. The first kappa shape index (κ1) is 14.8. The van der Waals surface area contributed by atoms with E-state index in [4.69, 9.17) is 0 Å². The fourth-order valence-electron chi connectivity index (χ4n) is 2.64. The molecule has 0 radical (unpaired) electrons. The molecule has 1 N–H and O–H groups in total. The summed E-state index contributed by atoms with van der Waals surface area (Å²) in [5.74, 6) is 1.12. The van der Waals surface area contributed by atoms with Crippen LogP contribution in [0.1, 0.15) is 44.0 Å². The predicted molar refractivity (Wildman–Crippen MR) is 79.8 cm³/mol. The summed E-state index contributed by atoms with van der Waals surface area (Å²) in [6, 6.07) is 0.226. The Morgan fingerprint density at radius 3 is 3.05 bits per heavy atom. The Kier molecular flexibility index (Phi) is 4.93. The molecular formula is C15H24N4O. The lowest BCUT2D eigenvalue weighted by molar-refractivity contribution is -0.121. The maximum absolute atomic E-state index is 11.7. The predicted octanol–water partition coefficient (Wildman–Crippen LogP) is 1.98. The highest BCUT2D eigenvalue weighted by Crippen LogP contribution is 2.20. The number of hydrogen-bond donors (Lipinski definition) is 1. The Balaban J connectivity index is 2.03. The van der Waals surface area contributed by atoms with Gasteiger partial charge in [-0.25, -0.2) is 4.98 Å². The van der Waals surface area contributed by atoms with E-state index in [0.29, 0.717) is 6.42 Å². The molecule has 0 aromatic carbocycles. The molecule has 1 aromatic rings. The summed E-state index contributed by atoms with van der Waals surface area (Å²) in [4.78, 5) is 22.9. The first-order chi connectivity index (χ1) is 9.60. The third-order valence-corrected chi connectivity index (χ3v) is 3.61. The topological polar surface area (TPSA) is 58.1 Å². The van der Waals surface area contributed by atoms with Gasteiger partial charge in [0, 0.05) is 31.7 Å².